The molecule has 3 aromatic rings. The van der Waals surface area contributed by atoms with Crippen LogP contribution >= 0.6 is 11.8 Å². The third-order valence-corrected chi connectivity index (χ3v) is 4.72. The molecule has 0 aliphatic heterocycles. The third-order valence-electron chi connectivity index (χ3n) is 3.65. The van der Waals surface area contributed by atoms with E-state index in [4.69, 9.17) is 4.42 Å². The minimum atomic E-state index is 0.370. The summed E-state index contributed by atoms with van der Waals surface area (Å²) in [6, 6.07) is 14.2. The third kappa shape index (κ3) is 3.86. The molecule has 2 aromatic heterocycles. The zero-order valence-electron chi connectivity index (χ0n) is 13.6. The highest BCUT2D eigenvalue weighted by atomic mass is 32.2. The van der Waals surface area contributed by atoms with Crippen LogP contribution < -0.4 is 4.90 Å². The number of aryl methyl sites for hydroxylation is 1. The average molecular weight is 338 g/mol. The fourth-order valence-electron chi connectivity index (χ4n) is 2.44. The molecular weight excluding hydrogens is 320 g/mol. The number of carbonyl (C=O) groups is 1. The summed E-state index contributed by atoms with van der Waals surface area (Å²) in [5.74, 6) is 0.370. The Bertz CT molecular complexity index is 827. The van der Waals surface area contributed by atoms with Crippen LogP contribution in [0, 0.1) is 6.92 Å². The summed E-state index contributed by atoms with van der Waals surface area (Å²) in [6.07, 6.45) is 4.11. The van der Waals surface area contributed by atoms with Gasteiger partial charge in [0, 0.05) is 36.1 Å². The van der Waals surface area contributed by atoms with Crippen LogP contribution in [0.3, 0.4) is 0 Å². The van der Waals surface area contributed by atoms with E-state index in [0.29, 0.717) is 5.76 Å². The summed E-state index contributed by atoms with van der Waals surface area (Å²) in [5.41, 5.74) is 3.40. The molecule has 2 heterocycles. The number of rotatable bonds is 6. The Morgan fingerprint density at radius 3 is 2.71 bits per heavy atom. The van der Waals surface area contributed by atoms with Crippen molar-refractivity contribution in [3.05, 3.63) is 71.9 Å². The lowest BCUT2D eigenvalue weighted by molar-refractivity contribution is 0.109. The second-order valence-electron chi connectivity index (χ2n) is 5.52. The van der Waals surface area contributed by atoms with Gasteiger partial charge in [0.2, 0.25) is 0 Å². The lowest BCUT2D eigenvalue weighted by Crippen LogP contribution is -2.16. The van der Waals surface area contributed by atoms with Crippen LogP contribution in [0.4, 0.5) is 5.69 Å². The van der Waals surface area contributed by atoms with Gasteiger partial charge in [-0.05, 0) is 55.0 Å². The molecular formula is C19H18N2O2S. The molecule has 122 valence electrons. The molecule has 1 aromatic carbocycles. The Morgan fingerprint density at radius 1 is 1.21 bits per heavy atom. The summed E-state index contributed by atoms with van der Waals surface area (Å²) < 4.78 is 5.12. The predicted octanol–water partition coefficient (Wildman–Crippen LogP) is 4.58. The monoisotopic (exact) mass is 338 g/mol. The first kappa shape index (κ1) is 16.3. The molecule has 0 aliphatic carbocycles. The van der Waals surface area contributed by atoms with E-state index in [9.17, 15) is 4.79 Å². The molecule has 0 spiro atoms. The first-order valence-electron chi connectivity index (χ1n) is 7.59. The van der Waals surface area contributed by atoms with Crippen molar-refractivity contribution in [2.24, 2.45) is 0 Å². The highest BCUT2D eigenvalue weighted by Crippen LogP contribution is 2.31. The van der Waals surface area contributed by atoms with Crippen molar-refractivity contribution in [3.8, 4) is 0 Å². The number of nitrogens with zero attached hydrogens (tertiary/aromatic N) is 2. The molecule has 4 nitrogen and oxygen atoms in total. The molecule has 0 N–H and O–H groups in total. The Kier molecular flexibility index (Phi) is 5.01. The van der Waals surface area contributed by atoms with E-state index < -0.39 is 0 Å². The lowest BCUT2D eigenvalue weighted by atomic mass is 10.2. The van der Waals surface area contributed by atoms with Gasteiger partial charge in [0.1, 0.15) is 0 Å². The van der Waals surface area contributed by atoms with Gasteiger partial charge < -0.3 is 9.32 Å². The van der Waals surface area contributed by atoms with E-state index in [0.717, 1.165) is 34.0 Å². The number of hydrogen-bond donors (Lipinski definition) is 0. The van der Waals surface area contributed by atoms with Gasteiger partial charge in [-0.3, -0.25) is 9.78 Å². The van der Waals surface area contributed by atoms with E-state index in [2.05, 4.69) is 47.3 Å². The smallest absolute Gasteiger partial charge is 0.186 e. The zero-order chi connectivity index (χ0) is 16.9. The van der Waals surface area contributed by atoms with Crippen LogP contribution in [0.1, 0.15) is 21.8 Å². The zero-order valence-corrected chi connectivity index (χ0v) is 14.4. The summed E-state index contributed by atoms with van der Waals surface area (Å²) in [7, 11) is 2.07. The van der Waals surface area contributed by atoms with Crippen LogP contribution in [-0.2, 0) is 6.54 Å². The second kappa shape index (κ2) is 7.36. The second-order valence-corrected chi connectivity index (χ2v) is 6.64. The highest BCUT2D eigenvalue weighted by Gasteiger charge is 2.08. The van der Waals surface area contributed by atoms with E-state index in [1.54, 1.807) is 6.07 Å². The predicted molar refractivity (Wildman–Crippen MR) is 95.7 cm³/mol. The number of hydrogen-bond acceptors (Lipinski definition) is 5. The molecule has 24 heavy (non-hydrogen) atoms. The maximum absolute atomic E-state index is 10.9. The van der Waals surface area contributed by atoms with Gasteiger partial charge in [-0.2, -0.15) is 0 Å². The minimum Gasteiger partial charge on any atom is -0.460 e. The van der Waals surface area contributed by atoms with E-state index >= 15 is 0 Å². The lowest BCUT2D eigenvalue weighted by Gasteiger charge is -2.19. The first-order chi connectivity index (χ1) is 11.7. The van der Waals surface area contributed by atoms with Gasteiger partial charge in [0.15, 0.2) is 12.0 Å². The fourth-order valence-corrected chi connectivity index (χ4v) is 3.29. The fraction of sp³-hybridized carbons (Fsp3) is 0.158. The molecule has 0 bridgehead atoms. The van der Waals surface area contributed by atoms with Crippen molar-refractivity contribution in [1.82, 2.24) is 4.98 Å². The Balaban J connectivity index is 1.68. The van der Waals surface area contributed by atoms with Crippen LogP contribution in [0.15, 0.2) is 69.1 Å². The van der Waals surface area contributed by atoms with Crippen molar-refractivity contribution < 1.29 is 9.21 Å². The standard InChI is InChI=1S/C19H18N2O2S/c1-14-11-15(7-9-20-14)12-21(2)16-3-5-17(6-4-16)24-19-8-10-23-18(19)13-22/h3-11,13H,12H2,1-2H3. The Labute approximate surface area is 145 Å². The number of aldehydes is 1. The molecule has 0 saturated carbocycles. The Morgan fingerprint density at radius 2 is 2.00 bits per heavy atom. The van der Waals surface area contributed by atoms with E-state index in [-0.39, 0.29) is 0 Å². The number of aromatic nitrogens is 1. The minimum absolute atomic E-state index is 0.370. The van der Waals surface area contributed by atoms with E-state index in [1.807, 2.05) is 19.2 Å². The van der Waals surface area contributed by atoms with Gasteiger partial charge in [-0.1, -0.05) is 11.8 Å². The number of furan rings is 1. The van der Waals surface area contributed by atoms with Gasteiger partial charge in [-0.15, -0.1) is 0 Å². The molecule has 5 heteroatoms. The Hall–Kier alpha value is -2.53. The summed E-state index contributed by atoms with van der Waals surface area (Å²) in [5, 5.41) is 0. The summed E-state index contributed by atoms with van der Waals surface area (Å²) >= 11 is 1.52. The molecule has 0 atom stereocenters. The molecule has 0 fully saturated rings. The SMILES string of the molecule is Cc1cc(CN(C)c2ccc(Sc3ccoc3C=O)cc2)ccn1. The molecule has 0 aliphatic rings. The van der Waals surface area contributed by atoms with Crippen molar-refractivity contribution in [2.75, 3.05) is 11.9 Å². The largest absolute Gasteiger partial charge is 0.460 e. The summed E-state index contributed by atoms with van der Waals surface area (Å²) in [6.45, 7) is 2.83. The number of anilines is 1. The molecule has 3 rings (SSSR count). The molecule has 0 saturated heterocycles. The van der Waals surface area contributed by atoms with Crippen molar-refractivity contribution in [2.45, 2.75) is 23.3 Å². The highest BCUT2D eigenvalue weighted by molar-refractivity contribution is 7.99. The topological polar surface area (TPSA) is 46.3 Å². The normalized spacial score (nSPS) is 10.6. The van der Waals surface area contributed by atoms with Gasteiger partial charge in [0.25, 0.3) is 0 Å². The number of pyridine rings is 1. The molecule has 0 unspecified atom stereocenters. The maximum Gasteiger partial charge on any atom is 0.186 e. The summed E-state index contributed by atoms with van der Waals surface area (Å²) in [4.78, 5) is 19.2. The van der Waals surface area contributed by atoms with Crippen LogP contribution in [0.25, 0.3) is 0 Å². The van der Waals surface area contributed by atoms with Crippen LogP contribution in [-0.4, -0.2) is 18.3 Å². The van der Waals surface area contributed by atoms with Crippen molar-refractivity contribution in [3.63, 3.8) is 0 Å². The van der Waals surface area contributed by atoms with E-state index in [1.165, 1.54) is 23.6 Å². The van der Waals surface area contributed by atoms with Crippen LogP contribution in [0.5, 0.6) is 0 Å². The average Bonchev–Trinajstić information content (AvgIpc) is 3.02. The molecule has 0 radical (unpaired) electrons. The van der Waals surface area contributed by atoms with Gasteiger partial charge in [0.05, 0.1) is 11.2 Å². The van der Waals surface area contributed by atoms with Crippen LogP contribution in [0.2, 0.25) is 0 Å². The quantitative estimate of drug-likeness (QED) is 0.616. The molecule has 0 amide bonds. The van der Waals surface area contributed by atoms with Crippen molar-refractivity contribution in [1.29, 1.82) is 0 Å². The first-order valence-corrected chi connectivity index (χ1v) is 8.40. The maximum atomic E-state index is 10.9. The number of benzene rings is 1. The van der Waals surface area contributed by atoms with Gasteiger partial charge >= 0.3 is 0 Å². The van der Waals surface area contributed by atoms with Gasteiger partial charge in [-0.25, -0.2) is 0 Å². The number of carbonyl (C=O) groups excluding carboxylic acids is 1. The van der Waals surface area contributed by atoms with Crippen molar-refractivity contribution >= 4 is 23.7 Å².